The second kappa shape index (κ2) is 3.59. The molecule has 1 aliphatic carbocycles. The zero-order valence-corrected chi connectivity index (χ0v) is 7.67. The van der Waals surface area contributed by atoms with Crippen molar-refractivity contribution >= 4 is 12.2 Å². The number of hydrazine groups is 1. The molecule has 1 heterocycles. The topological polar surface area (TPSA) is 93.4 Å². The Morgan fingerprint density at radius 1 is 1.43 bits per heavy atom. The maximum Gasteiger partial charge on any atom is 0.166 e. The molecule has 74 valence electrons. The number of aromatic nitrogens is 2. The molecule has 1 aliphatic rings. The van der Waals surface area contributed by atoms with E-state index in [0.29, 0.717) is 11.7 Å². The fourth-order valence-electron chi connectivity index (χ4n) is 1.19. The summed E-state index contributed by atoms with van der Waals surface area (Å²) in [4.78, 5) is 8.41. The lowest BCUT2D eigenvalue weighted by molar-refractivity contribution is 0.964. The number of anilines is 1. The molecule has 4 N–H and O–H groups in total. The summed E-state index contributed by atoms with van der Waals surface area (Å²) in [6.45, 7) is 0. The maximum atomic E-state index is 5.55. The summed E-state index contributed by atoms with van der Waals surface area (Å²) in [7, 11) is 0. The highest BCUT2D eigenvalue weighted by atomic mass is 15.4. The second-order valence-electron chi connectivity index (χ2n) is 3.25. The zero-order chi connectivity index (χ0) is 9.97. The quantitative estimate of drug-likeness (QED) is 0.303. The molecule has 0 radical (unpaired) electrons. The lowest BCUT2D eigenvalue weighted by Crippen LogP contribution is -2.30. The van der Waals surface area contributed by atoms with Gasteiger partial charge in [-0.25, -0.2) is 15.8 Å². The molecular weight excluding hydrogens is 180 g/mol. The van der Waals surface area contributed by atoms with Crippen LogP contribution in [-0.4, -0.2) is 16.3 Å². The van der Waals surface area contributed by atoms with Gasteiger partial charge >= 0.3 is 0 Å². The smallest absolute Gasteiger partial charge is 0.166 e. The van der Waals surface area contributed by atoms with E-state index in [2.05, 4.69) is 15.1 Å². The number of hydrogen-bond acceptors (Lipinski definition) is 5. The standard InChI is InChI=1S/C8H12N6/c9-13-5-14(10)8-4-11-7(3-12-8)6-1-2-6/h3-6H,1-2,9-10H2/b13-5-. The minimum atomic E-state index is 0.531. The summed E-state index contributed by atoms with van der Waals surface area (Å²) in [5.41, 5.74) is 1.03. The van der Waals surface area contributed by atoms with Crippen molar-refractivity contribution in [3.8, 4) is 0 Å². The molecule has 1 aromatic rings. The van der Waals surface area contributed by atoms with Crippen molar-refractivity contribution < 1.29 is 0 Å². The molecule has 0 atom stereocenters. The van der Waals surface area contributed by atoms with Crippen molar-refractivity contribution in [2.45, 2.75) is 18.8 Å². The van der Waals surface area contributed by atoms with Gasteiger partial charge in [-0.1, -0.05) is 0 Å². The number of rotatable bonds is 3. The van der Waals surface area contributed by atoms with Gasteiger partial charge in [0, 0.05) is 5.92 Å². The molecule has 0 unspecified atom stereocenters. The Hall–Kier alpha value is -1.69. The van der Waals surface area contributed by atoms with E-state index in [0.717, 1.165) is 5.69 Å². The van der Waals surface area contributed by atoms with Crippen molar-refractivity contribution in [1.82, 2.24) is 9.97 Å². The van der Waals surface area contributed by atoms with Gasteiger partial charge in [0.05, 0.1) is 18.1 Å². The van der Waals surface area contributed by atoms with Crippen LogP contribution in [0, 0.1) is 0 Å². The lowest BCUT2D eigenvalue weighted by atomic mass is 10.3. The third kappa shape index (κ3) is 1.80. The van der Waals surface area contributed by atoms with Crippen LogP contribution in [0.4, 0.5) is 5.82 Å². The molecule has 1 saturated carbocycles. The van der Waals surface area contributed by atoms with E-state index < -0.39 is 0 Å². The molecular formula is C8H12N6. The third-order valence-corrected chi connectivity index (χ3v) is 2.11. The SMILES string of the molecule is N/N=C\N(N)c1cnc(C2CC2)cn1. The first-order valence-electron chi connectivity index (χ1n) is 4.40. The summed E-state index contributed by atoms with van der Waals surface area (Å²) < 4.78 is 0. The number of hydrogen-bond donors (Lipinski definition) is 2. The van der Waals surface area contributed by atoms with Crippen LogP contribution in [0.5, 0.6) is 0 Å². The van der Waals surface area contributed by atoms with Gasteiger partial charge in [-0.3, -0.25) is 4.98 Å². The Morgan fingerprint density at radius 2 is 2.21 bits per heavy atom. The Labute approximate surface area is 81.6 Å². The molecule has 6 heteroatoms. The highest BCUT2D eigenvalue weighted by Crippen LogP contribution is 2.38. The van der Waals surface area contributed by atoms with E-state index in [1.807, 2.05) is 0 Å². The summed E-state index contributed by atoms with van der Waals surface area (Å²) in [6.07, 6.45) is 7.07. The van der Waals surface area contributed by atoms with Crippen LogP contribution in [0.25, 0.3) is 0 Å². The van der Waals surface area contributed by atoms with E-state index in [9.17, 15) is 0 Å². The molecule has 0 saturated heterocycles. The minimum Gasteiger partial charge on any atom is -0.322 e. The van der Waals surface area contributed by atoms with Crippen LogP contribution in [-0.2, 0) is 0 Å². The van der Waals surface area contributed by atoms with E-state index >= 15 is 0 Å². The predicted molar refractivity (Wildman–Crippen MR) is 53.4 cm³/mol. The van der Waals surface area contributed by atoms with Gasteiger partial charge in [0.1, 0.15) is 6.34 Å². The Balaban J connectivity index is 2.12. The van der Waals surface area contributed by atoms with E-state index in [1.165, 1.54) is 24.2 Å². The first-order chi connectivity index (χ1) is 6.81. The first-order valence-corrected chi connectivity index (χ1v) is 4.40. The van der Waals surface area contributed by atoms with Crippen LogP contribution < -0.4 is 16.7 Å². The molecule has 0 aliphatic heterocycles. The van der Waals surface area contributed by atoms with Crippen molar-refractivity contribution in [3.05, 3.63) is 18.1 Å². The lowest BCUT2D eigenvalue weighted by Gasteiger charge is -2.09. The molecule has 1 fully saturated rings. The molecule has 14 heavy (non-hydrogen) atoms. The molecule has 0 spiro atoms. The summed E-state index contributed by atoms with van der Waals surface area (Å²) in [5, 5.41) is 4.52. The summed E-state index contributed by atoms with van der Waals surface area (Å²) >= 11 is 0. The van der Waals surface area contributed by atoms with Crippen LogP contribution in [0.2, 0.25) is 0 Å². The Morgan fingerprint density at radius 3 is 2.71 bits per heavy atom. The maximum absolute atomic E-state index is 5.55. The molecule has 2 rings (SSSR count). The van der Waals surface area contributed by atoms with Crippen molar-refractivity contribution in [1.29, 1.82) is 0 Å². The van der Waals surface area contributed by atoms with Gasteiger partial charge < -0.3 is 5.84 Å². The van der Waals surface area contributed by atoms with Crippen molar-refractivity contribution in [2.24, 2.45) is 16.8 Å². The zero-order valence-electron chi connectivity index (χ0n) is 7.67. The summed E-state index contributed by atoms with van der Waals surface area (Å²) in [5.74, 6) is 11.6. The van der Waals surface area contributed by atoms with Gasteiger partial charge in [0.25, 0.3) is 0 Å². The summed E-state index contributed by atoms with van der Waals surface area (Å²) in [6, 6.07) is 0. The number of nitrogens with zero attached hydrogens (tertiary/aromatic N) is 4. The van der Waals surface area contributed by atoms with Gasteiger partial charge in [-0.05, 0) is 12.8 Å². The number of hydrazone groups is 1. The van der Waals surface area contributed by atoms with Crippen LogP contribution in [0.15, 0.2) is 17.5 Å². The highest BCUT2D eigenvalue weighted by molar-refractivity contribution is 5.74. The van der Waals surface area contributed by atoms with Gasteiger partial charge in [0.2, 0.25) is 0 Å². The van der Waals surface area contributed by atoms with Crippen molar-refractivity contribution in [3.63, 3.8) is 0 Å². The Kier molecular flexibility index (Phi) is 2.28. The fraction of sp³-hybridized carbons (Fsp3) is 0.375. The van der Waals surface area contributed by atoms with Gasteiger partial charge in [-0.2, -0.15) is 5.10 Å². The fourth-order valence-corrected chi connectivity index (χ4v) is 1.19. The highest BCUT2D eigenvalue weighted by Gasteiger charge is 2.25. The second-order valence-corrected chi connectivity index (χ2v) is 3.25. The largest absolute Gasteiger partial charge is 0.322 e. The monoisotopic (exact) mass is 192 g/mol. The van der Waals surface area contributed by atoms with E-state index in [4.69, 9.17) is 11.7 Å². The van der Waals surface area contributed by atoms with Crippen molar-refractivity contribution in [2.75, 3.05) is 5.01 Å². The average Bonchev–Trinajstić information content (AvgIpc) is 3.02. The van der Waals surface area contributed by atoms with Crippen LogP contribution in [0.3, 0.4) is 0 Å². The molecule has 0 aromatic carbocycles. The van der Waals surface area contributed by atoms with Gasteiger partial charge in [-0.15, -0.1) is 0 Å². The third-order valence-electron chi connectivity index (χ3n) is 2.11. The van der Waals surface area contributed by atoms with Gasteiger partial charge in [0.15, 0.2) is 5.82 Å². The van der Waals surface area contributed by atoms with E-state index in [-0.39, 0.29) is 0 Å². The first kappa shape index (κ1) is 8.89. The predicted octanol–water partition coefficient (Wildman–Crippen LogP) is -0.0639. The minimum absolute atomic E-state index is 0.531. The van der Waals surface area contributed by atoms with Crippen LogP contribution >= 0.6 is 0 Å². The van der Waals surface area contributed by atoms with Crippen LogP contribution in [0.1, 0.15) is 24.5 Å². The molecule has 0 bridgehead atoms. The Bertz CT molecular complexity index is 328. The number of nitrogens with two attached hydrogens (primary N) is 2. The normalized spacial score (nSPS) is 16.1. The van der Waals surface area contributed by atoms with E-state index in [1.54, 1.807) is 12.4 Å². The average molecular weight is 192 g/mol. The molecule has 0 amide bonds. The molecule has 6 nitrogen and oxygen atoms in total. The molecule has 1 aromatic heterocycles.